The minimum Gasteiger partial charge on any atom is -0.302 e. The molecule has 2 N–H and O–H groups in total. The summed E-state index contributed by atoms with van der Waals surface area (Å²) >= 11 is -5.48. The Labute approximate surface area is 155 Å². The van der Waals surface area contributed by atoms with Crippen LogP contribution in [0, 0.1) is 0 Å². The summed E-state index contributed by atoms with van der Waals surface area (Å²) in [5, 5.41) is 0.352. The van der Waals surface area contributed by atoms with Crippen LogP contribution >= 0.6 is 0 Å². The zero-order chi connectivity index (χ0) is 19.8. The fourth-order valence-electron chi connectivity index (χ4n) is 2.60. The van der Waals surface area contributed by atoms with Crippen LogP contribution in [-0.4, -0.2) is 29.1 Å². The molecule has 0 saturated heterocycles. The molecule has 6 nitrogen and oxygen atoms in total. The van der Waals surface area contributed by atoms with Gasteiger partial charge < -0.3 is 9.11 Å². The quantitative estimate of drug-likeness (QED) is 0.442. The molecule has 2 rings (SSSR count). The summed E-state index contributed by atoms with van der Waals surface area (Å²) in [5.74, 6) is -1.36. The number of hydrogen-bond acceptors (Lipinski definition) is 4. The number of fused-ring (bicyclic) bond motifs is 1. The number of carbonyl (C=O) groups is 2. The standard InChI is InChI=1S/C18H16O6S2/c1-9(2)15(19)13-11-7-5-6-8-12(11)17(25(21)22)18(26(23)24)14(13)16(20)10(3)4/h5-8H,1,3H2,2,4H3,(H,21,22)(H,23,24). The van der Waals surface area contributed by atoms with E-state index in [1.165, 1.54) is 26.0 Å². The summed E-state index contributed by atoms with van der Waals surface area (Å²) in [7, 11) is 0. The van der Waals surface area contributed by atoms with Crippen molar-refractivity contribution in [1.29, 1.82) is 0 Å². The van der Waals surface area contributed by atoms with Crippen molar-refractivity contribution in [3.05, 3.63) is 59.7 Å². The lowest BCUT2D eigenvalue weighted by Gasteiger charge is -2.18. The van der Waals surface area contributed by atoms with E-state index in [1.807, 2.05) is 0 Å². The Morgan fingerprint density at radius 1 is 0.808 bits per heavy atom. The molecule has 0 radical (unpaired) electrons. The topological polar surface area (TPSA) is 109 Å². The van der Waals surface area contributed by atoms with Crippen LogP contribution in [0.15, 0.2) is 58.4 Å². The number of allylic oxidation sites excluding steroid dienone is 2. The first-order chi connectivity index (χ1) is 12.1. The molecule has 0 bridgehead atoms. The van der Waals surface area contributed by atoms with Gasteiger partial charge in [-0.3, -0.25) is 9.59 Å². The first-order valence-electron chi connectivity index (χ1n) is 7.30. The van der Waals surface area contributed by atoms with Crippen LogP contribution in [0.5, 0.6) is 0 Å². The maximum absolute atomic E-state index is 12.8. The summed E-state index contributed by atoms with van der Waals surface area (Å²) in [4.78, 5) is 24.5. The Bertz CT molecular complexity index is 1040. The number of Topliss-reactive ketones (excluding diaryl/α,β-unsaturated/α-hetero) is 2. The third-order valence-electron chi connectivity index (χ3n) is 3.70. The van der Waals surface area contributed by atoms with Crippen LogP contribution in [-0.2, 0) is 22.2 Å². The fourth-order valence-corrected chi connectivity index (χ4v) is 4.29. The van der Waals surface area contributed by atoms with Crippen molar-refractivity contribution in [2.45, 2.75) is 23.6 Å². The summed E-state index contributed by atoms with van der Waals surface area (Å²) < 4.78 is 43.4. The van der Waals surface area contributed by atoms with E-state index in [0.29, 0.717) is 0 Å². The Morgan fingerprint density at radius 3 is 1.65 bits per heavy atom. The third kappa shape index (κ3) is 3.36. The lowest BCUT2D eigenvalue weighted by molar-refractivity contribution is 0.0998. The summed E-state index contributed by atoms with van der Waals surface area (Å²) in [6, 6.07) is 6.09. The highest BCUT2D eigenvalue weighted by Crippen LogP contribution is 2.36. The van der Waals surface area contributed by atoms with Gasteiger partial charge in [-0.15, -0.1) is 0 Å². The van der Waals surface area contributed by atoms with Gasteiger partial charge >= 0.3 is 0 Å². The molecule has 0 aliphatic heterocycles. The average molecular weight is 392 g/mol. The molecular formula is C18H16O6S2. The van der Waals surface area contributed by atoms with Crippen molar-refractivity contribution < 1.29 is 27.1 Å². The molecular weight excluding hydrogens is 376 g/mol. The van der Waals surface area contributed by atoms with Gasteiger partial charge in [0.25, 0.3) is 0 Å². The number of ketones is 2. The van der Waals surface area contributed by atoms with Gasteiger partial charge in [-0.25, -0.2) is 8.42 Å². The predicted octanol–water partition coefficient (Wildman–Crippen LogP) is 3.52. The van der Waals surface area contributed by atoms with E-state index in [1.54, 1.807) is 12.1 Å². The highest BCUT2D eigenvalue weighted by molar-refractivity contribution is 7.82. The van der Waals surface area contributed by atoms with E-state index in [9.17, 15) is 27.1 Å². The molecule has 0 saturated carbocycles. The normalized spacial score (nSPS) is 13.2. The molecule has 0 aliphatic carbocycles. The zero-order valence-corrected chi connectivity index (χ0v) is 15.7. The van der Waals surface area contributed by atoms with Gasteiger partial charge in [0, 0.05) is 10.9 Å². The summed E-state index contributed by atoms with van der Waals surface area (Å²) in [6.45, 7) is 9.94. The van der Waals surface area contributed by atoms with Crippen LogP contribution < -0.4 is 0 Å². The predicted molar refractivity (Wildman–Crippen MR) is 100 cm³/mol. The molecule has 136 valence electrons. The molecule has 0 amide bonds. The third-order valence-corrected chi connectivity index (χ3v) is 5.36. The second kappa shape index (κ2) is 7.55. The van der Waals surface area contributed by atoms with Gasteiger partial charge in [0.2, 0.25) is 0 Å². The van der Waals surface area contributed by atoms with Gasteiger partial charge in [0.1, 0.15) is 0 Å². The molecule has 26 heavy (non-hydrogen) atoms. The molecule has 0 aliphatic rings. The van der Waals surface area contributed by atoms with Crippen LogP contribution in [0.2, 0.25) is 0 Å². The number of hydrogen-bond donors (Lipinski definition) is 2. The van der Waals surface area contributed by atoms with E-state index < -0.39 is 44.2 Å². The molecule has 2 unspecified atom stereocenters. The molecule has 0 spiro atoms. The van der Waals surface area contributed by atoms with Crippen LogP contribution in [0.25, 0.3) is 10.8 Å². The van der Waals surface area contributed by atoms with Crippen LogP contribution in [0.3, 0.4) is 0 Å². The molecule has 2 aromatic rings. The highest BCUT2D eigenvalue weighted by Gasteiger charge is 2.32. The maximum Gasteiger partial charge on any atom is 0.190 e. The van der Waals surface area contributed by atoms with E-state index in [-0.39, 0.29) is 32.4 Å². The van der Waals surface area contributed by atoms with E-state index in [2.05, 4.69) is 13.2 Å². The Morgan fingerprint density at radius 2 is 1.23 bits per heavy atom. The molecule has 0 fully saturated rings. The zero-order valence-electron chi connectivity index (χ0n) is 14.1. The van der Waals surface area contributed by atoms with Crippen molar-refractivity contribution in [2.75, 3.05) is 0 Å². The van der Waals surface area contributed by atoms with Crippen LogP contribution in [0.1, 0.15) is 34.6 Å². The summed E-state index contributed by atoms with van der Waals surface area (Å²) in [5.41, 5.74) is -0.411. The molecule has 2 aromatic carbocycles. The number of benzene rings is 2. The number of carbonyl (C=O) groups excluding carboxylic acids is 2. The minimum atomic E-state index is -2.80. The van der Waals surface area contributed by atoms with Crippen molar-refractivity contribution >= 4 is 44.5 Å². The van der Waals surface area contributed by atoms with Gasteiger partial charge in [-0.2, -0.15) is 0 Å². The molecule has 2 atom stereocenters. The Balaban J connectivity index is 3.27. The van der Waals surface area contributed by atoms with Gasteiger partial charge in [0.15, 0.2) is 33.7 Å². The first kappa shape index (κ1) is 20.1. The van der Waals surface area contributed by atoms with Gasteiger partial charge in [-0.05, 0) is 30.4 Å². The van der Waals surface area contributed by atoms with Crippen molar-refractivity contribution in [3.8, 4) is 0 Å². The second-order valence-corrected chi connectivity index (χ2v) is 7.48. The molecule has 0 aromatic heterocycles. The highest BCUT2D eigenvalue weighted by atomic mass is 32.2. The Kier molecular flexibility index (Phi) is 5.82. The Hall–Kier alpha value is -2.26. The fraction of sp³-hybridized carbons (Fsp3) is 0.111. The second-order valence-electron chi connectivity index (χ2n) is 5.67. The van der Waals surface area contributed by atoms with E-state index >= 15 is 0 Å². The summed E-state index contributed by atoms with van der Waals surface area (Å²) in [6.07, 6.45) is 0. The van der Waals surface area contributed by atoms with Gasteiger partial charge in [-0.1, -0.05) is 37.4 Å². The van der Waals surface area contributed by atoms with Crippen molar-refractivity contribution in [3.63, 3.8) is 0 Å². The monoisotopic (exact) mass is 392 g/mol. The largest absolute Gasteiger partial charge is 0.302 e. The lowest BCUT2D eigenvalue weighted by atomic mass is 9.89. The molecule has 0 heterocycles. The van der Waals surface area contributed by atoms with E-state index in [4.69, 9.17) is 0 Å². The van der Waals surface area contributed by atoms with Crippen LogP contribution in [0.4, 0.5) is 0 Å². The minimum absolute atomic E-state index is 0.0115. The van der Waals surface area contributed by atoms with E-state index in [0.717, 1.165) is 0 Å². The smallest absolute Gasteiger partial charge is 0.190 e. The lowest BCUT2D eigenvalue weighted by Crippen LogP contribution is -2.17. The first-order valence-corrected chi connectivity index (χ1v) is 9.51. The SMILES string of the molecule is C=C(C)C(=O)c1c(S(=O)O)c(S(=O)O)c2ccccc2c1C(=O)C(=C)C. The van der Waals surface area contributed by atoms with Crippen molar-refractivity contribution in [2.24, 2.45) is 0 Å². The average Bonchev–Trinajstić information content (AvgIpc) is 2.57. The van der Waals surface area contributed by atoms with Gasteiger partial charge in [0.05, 0.1) is 15.4 Å². The van der Waals surface area contributed by atoms with Crippen molar-refractivity contribution in [1.82, 2.24) is 0 Å². The number of rotatable bonds is 6. The molecule has 8 heteroatoms. The maximum atomic E-state index is 12.8.